The number of nitrogens with zero attached hydrogens (tertiary/aromatic N) is 2. The molecule has 0 N–H and O–H groups in total. The number of rotatable bonds is 2. The van der Waals surface area contributed by atoms with Crippen molar-refractivity contribution in [3.8, 4) is 0 Å². The number of pyridine rings is 1. The number of hydrogen-bond donors (Lipinski definition) is 0. The molecule has 0 aliphatic rings. The lowest BCUT2D eigenvalue weighted by Crippen LogP contribution is -3.00. The SMILES string of the molecule is Clc1ccc(C[n+]2ccn3cc(Cl)cc(Cl)c32)c(Cl)c1.[Cl-]. The Bertz CT molecular complexity index is 797. The van der Waals surface area contributed by atoms with Gasteiger partial charge in [-0.05, 0) is 18.2 Å². The Morgan fingerprint density at radius 3 is 2.38 bits per heavy atom. The van der Waals surface area contributed by atoms with Gasteiger partial charge in [0.1, 0.15) is 30.2 Å². The molecule has 0 saturated heterocycles. The molecule has 7 heteroatoms. The van der Waals surface area contributed by atoms with Crippen LogP contribution in [-0.2, 0) is 6.54 Å². The van der Waals surface area contributed by atoms with E-state index in [1.807, 2.05) is 39.7 Å². The molecule has 0 unspecified atom stereocenters. The van der Waals surface area contributed by atoms with Gasteiger partial charge >= 0.3 is 5.65 Å². The minimum Gasteiger partial charge on any atom is -1.00 e. The second-order valence-corrected chi connectivity index (χ2v) is 6.09. The van der Waals surface area contributed by atoms with Crippen molar-refractivity contribution in [2.75, 3.05) is 0 Å². The van der Waals surface area contributed by atoms with Gasteiger partial charge in [0.25, 0.3) is 0 Å². The zero-order chi connectivity index (χ0) is 14.3. The number of hydrogen-bond acceptors (Lipinski definition) is 0. The molecular formula is C14H9Cl5N2. The molecule has 0 fully saturated rings. The van der Waals surface area contributed by atoms with E-state index in [2.05, 4.69) is 0 Å². The van der Waals surface area contributed by atoms with Crippen LogP contribution in [0.25, 0.3) is 5.65 Å². The van der Waals surface area contributed by atoms with Gasteiger partial charge in [0.15, 0.2) is 0 Å². The van der Waals surface area contributed by atoms with Gasteiger partial charge in [-0.1, -0.05) is 52.5 Å². The molecule has 110 valence electrons. The maximum absolute atomic E-state index is 6.26. The first-order valence-electron chi connectivity index (χ1n) is 5.83. The third-order valence-electron chi connectivity index (χ3n) is 3.02. The Balaban J connectivity index is 0.00000161. The zero-order valence-corrected chi connectivity index (χ0v) is 14.3. The standard InChI is InChI=1S/C14H9Cl4N2.ClH/c15-10-2-1-9(12(17)5-10)7-19-3-4-20-8-11(16)6-13(18)14(19)20;/h1-6,8H,7H2;1H/q+1;/p-1. The van der Waals surface area contributed by atoms with E-state index in [0.29, 0.717) is 26.6 Å². The van der Waals surface area contributed by atoms with Crippen molar-refractivity contribution in [2.45, 2.75) is 6.54 Å². The molecule has 0 aliphatic heterocycles. The van der Waals surface area contributed by atoms with Crippen LogP contribution in [0.3, 0.4) is 0 Å². The lowest BCUT2D eigenvalue weighted by molar-refractivity contribution is -0.661. The maximum atomic E-state index is 6.26. The molecule has 0 aliphatic carbocycles. The second-order valence-electron chi connectivity index (χ2n) is 4.40. The summed E-state index contributed by atoms with van der Waals surface area (Å²) in [6.45, 7) is 0.605. The highest BCUT2D eigenvalue weighted by atomic mass is 35.5. The molecule has 2 heterocycles. The summed E-state index contributed by atoms with van der Waals surface area (Å²) in [7, 11) is 0. The average Bonchev–Trinajstić information content (AvgIpc) is 2.76. The van der Waals surface area contributed by atoms with Crippen LogP contribution < -0.4 is 17.0 Å². The lowest BCUT2D eigenvalue weighted by atomic mass is 10.2. The number of aromatic nitrogens is 2. The molecule has 0 spiro atoms. The molecule has 3 rings (SSSR count). The molecule has 0 amide bonds. The van der Waals surface area contributed by atoms with E-state index >= 15 is 0 Å². The molecule has 0 radical (unpaired) electrons. The summed E-state index contributed by atoms with van der Waals surface area (Å²) in [4.78, 5) is 0. The average molecular weight is 383 g/mol. The molecule has 3 aromatic rings. The van der Waals surface area contributed by atoms with Crippen LogP contribution in [0.15, 0.2) is 42.9 Å². The molecule has 1 aromatic carbocycles. The fraction of sp³-hybridized carbons (Fsp3) is 0.0714. The van der Waals surface area contributed by atoms with Crippen LogP contribution in [0.4, 0.5) is 0 Å². The molecule has 2 aromatic heterocycles. The lowest BCUT2D eigenvalue weighted by Gasteiger charge is -2.03. The van der Waals surface area contributed by atoms with Crippen LogP contribution in [-0.4, -0.2) is 4.40 Å². The van der Waals surface area contributed by atoms with Gasteiger partial charge in [0.05, 0.1) is 5.02 Å². The van der Waals surface area contributed by atoms with Crippen LogP contribution in [0.5, 0.6) is 0 Å². The van der Waals surface area contributed by atoms with Gasteiger partial charge in [-0.15, -0.1) is 0 Å². The van der Waals surface area contributed by atoms with Crippen molar-refractivity contribution < 1.29 is 17.0 Å². The summed E-state index contributed by atoms with van der Waals surface area (Å²) in [5.41, 5.74) is 1.84. The summed E-state index contributed by atoms with van der Waals surface area (Å²) in [6, 6.07) is 7.18. The van der Waals surface area contributed by atoms with Gasteiger partial charge in [0.2, 0.25) is 0 Å². The molecule has 21 heavy (non-hydrogen) atoms. The predicted octanol–water partition coefficient (Wildman–Crippen LogP) is 1.89. The molecule has 0 bridgehead atoms. The van der Waals surface area contributed by atoms with Crippen LogP contribution in [0, 0.1) is 0 Å². The first-order chi connectivity index (χ1) is 9.54. The van der Waals surface area contributed by atoms with E-state index < -0.39 is 0 Å². The quantitative estimate of drug-likeness (QED) is 0.599. The summed E-state index contributed by atoms with van der Waals surface area (Å²) in [5.74, 6) is 0. The highest BCUT2D eigenvalue weighted by molar-refractivity contribution is 6.36. The minimum atomic E-state index is 0. The third kappa shape index (κ3) is 3.41. The van der Waals surface area contributed by atoms with E-state index in [4.69, 9.17) is 46.4 Å². The highest BCUT2D eigenvalue weighted by Gasteiger charge is 2.16. The van der Waals surface area contributed by atoms with Crippen molar-refractivity contribution >= 4 is 52.1 Å². The summed E-state index contributed by atoms with van der Waals surface area (Å²) in [5, 5.41) is 2.44. The van der Waals surface area contributed by atoms with Crippen molar-refractivity contribution in [2.24, 2.45) is 0 Å². The first kappa shape index (κ1) is 16.7. The Morgan fingerprint density at radius 2 is 1.67 bits per heavy atom. The molecule has 2 nitrogen and oxygen atoms in total. The molecule has 0 atom stereocenters. The number of halogens is 5. The number of benzene rings is 1. The van der Waals surface area contributed by atoms with E-state index in [9.17, 15) is 0 Å². The molecule has 0 saturated carbocycles. The van der Waals surface area contributed by atoms with E-state index in [1.165, 1.54) is 0 Å². The van der Waals surface area contributed by atoms with Crippen molar-refractivity contribution in [3.63, 3.8) is 0 Å². The van der Waals surface area contributed by atoms with Gasteiger partial charge in [-0.3, -0.25) is 0 Å². The van der Waals surface area contributed by atoms with Crippen molar-refractivity contribution in [3.05, 3.63) is 68.5 Å². The Kier molecular flexibility index (Phi) is 5.29. The van der Waals surface area contributed by atoms with Crippen molar-refractivity contribution in [1.82, 2.24) is 4.40 Å². The normalized spacial score (nSPS) is 10.7. The highest BCUT2D eigenvalue weighted by Crippen LogP contribution is 2.23. The van der Waals surface area contributed by atoms with Crippen LogP contribution in [0.2, 0.25) is 20.1 Å². The zero-order valence-electron chi connectivity index (χ0n) is 10.5. The van der Waals surface area contributed by atoms with Crippen LogP contribution in [0.1, 0.15) is 5.56 Å². The van der Waals surface area contributed by atoms with Gasteiger partial charge in [0, 0.05) is 15.6 Å². The van der Waals surface area contributed by atoms with E-state index in [1.54, 1.807) is 12.1 Å². The van der Waals surface area contributed by atoms with Gasteiger partial charge in [-0.2, -0.15) is 0 Å². The Labute approximate surface area is 148 Å². The predicted molar refractivity (Wildman–Crippen MR) is 83.2 cm³/mol. The topological polar surface area (TPSA) is 8.29 Å². The Morgan fingerprint density at radius 1 is 0.952 bits per heavy atom. The fourth-order valence-corrected chi connectivity index (χ4v) is 3.19. The Hall–Kier alpha value is -0.640. The minimum absolute atomic E-state index is 0. The van der Waals surface area contributed by atoms with Crippen molar-refractivity contribution in [1.29, 1.82) is 0 Å². The third-order valence-corrected chi connectivity index (χ3v) is 4.09. The summed E-state index contributed by atoms with van der Waals surface area (Å²) < 4.78 is 3.89. The second kappa shape index (κ2) is 6.64. The van der Waals surface area contributed by atoms with Gasteiger partial charge < -0.3 is 12.4 Å². The summed E-state index contributed by atoms with van der Waals surface area (Å²) >= 11 is 24.4. The summed E-state index contributed by atoms with van der Waals surface area (Å²) in [6.07, 6.45) is 5.64. The van der Waals surface area contributed by atoms with Gasteiger partial charge in [-0.25, -0.2) is 8.97 Å². The monoisotopic (exact) mass is 380 g/mol. The first-order valence-corrected chi connectivity index (χ1v) is 7.35. The maximum Gasteiger partial charge on any atom is 0.305 e. The van der Waals surface area contributed by atoms with E-state index in [0.717, 1.165) is 11.2 Å². The molecular weight excluding hydrogens is 373 g/mol. The fourth-order valence-electron chi connectivity index (χ4n) is 2.12. The van der Waals surface area contributed by atoms with E-state index in [-0.39, 0.29) is 12.4 Å². The smallest absolute Gasteiger partial charge is 0.305 e. The number of imidazole rings is 1. The van der Waals surface area contributed by atoms with Crippen LogP contribution >= 0.6 is 46.4 Å². The largest absolute Gasteiger partial charge is 1.00 e. The number of fused-ring (bicyclic) bond motifs is 1.